The zero-order valence-electron chi connectivity index (χ0n) is 9.05. The molecule has 0 aliphatic carbocycles. The van der Waals surface area contributed by atoms with E-state index in [4.69, 9.17) is 10.4 Å². The van der Waals surface area contributed by atoms with E-state index in [9.17, 15) is 4.79 Å². The summed E-state index contributed by atoms with van der Waals surface area (Å²) in [5, 5.41) is 18.6. The molecule has 0 atom stereocenters. The van der Waals surface area contributed by atoms with Crippen molar-refractivity contribution in [3.05, 3.63) is 0 Å². The highest BCUT2D eigenvalue weighted by Gasteiger charge is 1.93. The number of nitrogens with one attached hydrogen (secondary N) is 1. The third-order valence-corrected chi connectivity index (χ3v) is 1.44. The third-order valence-electron chi connectivity index (χ3n) is 1.44. The number of rotatable bonds is 1. The van der Waals surface area contributed by atoms with Gasteiger partial charge in [-0.3, -0.25) is 4.79 Å². The predicted octanol–water partition coefficient (Wildman–Crippen LogP) is 1.77. The standard InChI is InChI=1S/C5H11N.C3H3NO2.C2H6/c1-2-4-6-5-3-1;4-2-1-3(5)6;1-2/h6H,1-5H2;1H2,(H,5,6);1-2H3. The van der Waals surface area contributed by atoms with Gasteiger partial charge in [0, 0.05) is 0 Å². The average molecular weight is 200 g/mol. The van der Waals surface area contributed by atoms with Crippen molar-refractivity contribution < 1.29 is 9.90 Å². The maximum absolute atomic E-state index is 9.38. The summed E-state index contributed by atoms with van der Waals surface area (Å²) in [7, 11) is 0. The van der Waals surface area contributed by atoms with E-state index >= 15 is 0 Å². The van der Waals surface area contributed by atoms with Gasteiger partial charge >= 0.3 is 5.97 Å². The molecule has 0 amide bonds. The molecule has 4 nitrogen and oxygen atoms in total. The first-order chi connectivity index (χ1) is 6.77. The Hall–Kier alpha value is -1.08. The van der Waals surface area contributed by atoms with E-state index in [1.165, 1.54) is 38.4 Å². The molecule has 1 aliphatic heterocycles. The lowest BCUT2D eigenvalue weighted by Crippen LogP contribution is -2.21. The topological polar surface area (TPSA) is 73.1 Å². The quantitative estimate of drug-likeness (QED) is 0.676. The maximum atomic E-state index is 9.38. The fraction of sp³-hybridized carbons (Fsp3) is 0.800. The van der Waals surface area contributed by atoms with Crippen LogP contribution in [-0.2, 0) is 4.79 Å². The van der Waals surface area contributed by atoms with Crippen LogP contribution in [0.2, 0.25) is 0 Å². The van der Waals surface area contributed by atoms with E-state index in [2.05, 4.69) is 5.32 Å². The molecule has 1 saturated heterocycles. The lowest BCUT2D eigenvalue weighted by molar-refractivity contribution is -0.135. The van der Waals surface area contributed by atoms with Crippen molar-refractivity contribution in [2.24, 2.45) is 0 Å². The van der Waals surface area contributed by atoms with E-state index in [1.54, 1.807) is 0 Å². The lowest BCUT2D eigenvalue weighted by atomic mass is 10.2. The van der Waals surface area contributed by atoms with Gasteiger partial charge in [-0.2, -0.15) is 5.26 Å². The zero-order valence-corrected chi connectivity index (χ0v) is 9.05. The minimum atomic E-state index is -1.07. The highest BCUT2D eigenvalue weighted by molar-refractivity contribution is 5.69. The fourth-order valence-electron chi connectivity index (χ4n) is 0.869. The van der Waals surface area contributed by atoms with Crippen molar-refractivity contribution in [1.82, 2.24) is 5.32 Å². The van der Waals surface area contributed by atoms with Crippen LogP contribution in [0, 0.1) is 11.3 Å². The lowest BCUT2D eigenvalue weighted by Gasteiger charge is -2.08. The van der Waals surface area contributed by atoms with Crippen LogP contribution in [0.4, 0.5) is 0 Å². The molecule has 0 saturated carbocycles. The first-order valence-corrected chi connectivity index (χ1v) is 5.07. The number of carbonyl (C=O) groups is 1. The number of hydrogen-bond acceptors (Lipinski definition) is 3. The molecule has 1 heterocycles. The Morgan fingerprint density at radius 2 is 1.86 bits per heavy atom. The van der Waals surface area contributed by atoms with Gasteiger partial charge in [-0.15, -0.1) is 0 Å². The summed E-state index contributed by atoms with van der Waals surface area (Å²) in [6, 6.07) is 1.47. The number of hydrogen-bond donors (Lipinski definition) is 2. The number of carboxylic acids is 1. The van der Waals surface area contributed by atoms with Crippen LogP contribution in [0.3, 0.4) is 0 Å². The molecule has 14 heavy (non-hydrogen) atoms. The molecular weight excluding hydrogens is 180 g/mol. The Labute approximate surface area is 85.9 Å². The Bertz CT molecular complexity index is 148. The highest BCUT2D eigenvalue weighted by Crippen LogP contribution is 1.96. The van der Waals surface area contributed by atoms with Gasteiger partial charge in [0.1, 0.15) is 6.42 Å². The Morgan fingerprint density at radius 3 is 1.93 bits per heavy atom. The summed E-state index contributed by atoms with van der Waals surface area (Å²) in [4.78, 5) is 9.38. The first-order valence-electron chi connectivity index (χ1n) is 5.07. The minimum Gasteiger partial charge on any atom is -0.480 e. The molecule has 0 aromatic rings. The van der Waals surface area contributed by atoms with Crippen molar-refractivity contribution in [3.63, 3.8) is 0 Å². The molecule has 0 aromatic heterocycles. The van der Waals surface area contributed by atoms with Gasteiger partial charge in [0.25, 0.3) is 0 Å². The average Bonchev–Trinajstić information content (AvgIpc) is 2.24. The monoisotopic (exact) mass is 200 g/mol. The van der Waals surface area contributed by atoms with Gasteiger partial charge in [0.05, 0.1) is 6.07 Å². The van der Waals surface area contributed by atoms with Crippen molar-refractivity contribution in [2.45, 2.75) is 39.5 Å². The van der Waals surface area contributed by atoms with E-state index in [-0.39, 0.29) is 0 Å². The molecule has 0 bridgehead atoms. The molecule has 0 radical (unpaired) electrons. The van der Waals surface area contributed by atoms with Crippen LogP contribution < -0.4 is 5.32 Å². The second-order valence-corrected chi connectivity index (χ2v) is 2.54. The van der Waals surface area contributed by atoms with E-state index in [1.807, 2.05) is 13.8 Å². The summed E-state index contributed by atoms with van der Waals surface area (Å²) >= 11 is 0. The molecule has 1 fully saturated rings. The van der Waals surface area contributed by atoms with Gasteiger partial charge in [0.15, 0.2) is 0 Å². The highest BCUT2D eigenvalue weighted by atomic mass is 16.4. The minimum absolute atomic E-state index is 0.403. The summed E-state index contributed by atoms with van der Waals surface area (Å²) in [6.45, 7) is 6.50. The van der Waals surface area contributed by atoms with E-state index in [0.29, 0.717) is 0 Å². The van der Waals surface area contributed by atoms with Crippen molar-refractivity contribution in [3.8, 4) is 6.07 Å². The van der Waals surface area contributed by atoms with Crippen molar-refractivity contribution in [1.29, 1.82) is 5.26 Å². The van der Waals surface area contributed by atoms with Crippen LogP contribution >= 0.6 is 0 Å². The molecule has 0 unspecified atom stereocenters. The van der Waals surface area contributed by atoms with E-state index in [0.717, 1.165) is 0 Å². The van der Waals surface area contributed by atoms with Gasteiger partial charge in [0.2, 0.25) is 0 Å². The molecule has 2 N–H and O–H groups in total. The Balaban J connectivity index is 0. The smallest absolute Gasteiger partial charge is 0.317 e. The number of aliphatic carboxylic acids is 1. The Kier molecular flexibility index (Phi) is 15.9. The van der Waals surface area contributed by atoms with E-state index < -0.39 is 12.4 Å². The molecule has 4 heteroatoms. The van der Waals surface area contributed by atoms with Crippen LogP contribution in [0.1, 0.15) is 39.5 Å². The Morgan fingerprint density at radius 1 is 1.36 bits per heavy atom. The molecule has 0 aromatic carbocycles. The zero-order chi connectivity index (χ0) is 11.2. The second-order valence-electron chi connectivity index (χ2n) is 2.54. The third kappa shape index (κ3) is 17.1. The first kappa shape index (κ1) is 15.4. The summed E-state index contributed by atoms with van der Waals surface area (Å²) in [6.07, 6.45) is 3.81. The second kappa shape index (κ2) is 14.4. The van der Waals surface area contributed by atoms with Crippen molar-refractivity contribution in [2.75, 3.05) is 13.1 Å². The fourth-order valence-corrected chi connectivity index (χ4v) is 0.869. The molecule has 0 spiro atoms. The SMILES string of the molecule is C1CCNCC1.CC.N#CCC(=O)O. The number of nitrogens with zero attached hydrogens (tertiary/aromatic N) is 1. The summed E-state index contributed by atoms with van der Waals surface area (Å²) < 4.78 is 0. The number of piperidine rings is 1. The summed E-state index contributed by atoms with van der Waals surface area (Å²) in [5.74, 6) is -1.07. The van der Waals surface area contributed by atoms with Crippen molar-refractivity contribution >= 4 is 5.97 Å². The largest absolute Gasteiger partial charge is 0.480 e. The van der Waals surface area contributed by atoms with Gasteiger partial charge < -0.3 is 10.4 Å². The van der Waals surface area contributed by atoms with Crippen LogP contribution in [0.15, 0.2) is 0 Å². The van der Waals surface area contributed by atoms with Crippen LogP contribution in [0.25, 0.3) is 0 Å². The predicted molar refractivity (Wildman–Crippen MR) is 55.9 cm³/mol. The molecule has 1 rings (SSSR count). The number of nitriles is 1. The van der Waals surface area contributed by atoms with Gasteiger partial charge in [-0.1, -0.05) is 20.3 Å². The molecule has 1 aliphatic rings. The van der Waals surface area contributed by atoms with Gasteiger partial charge in [-0.05, 0) is 25.9 Å². The molecule has 82 valence electrons. The number of carboxylic acid groups (broad SMARTS) is 1. The maximum Gasteiger partial charge on any atom is 0.317 e. The normalized spacial score (nSPS) is 13.5. The van der Waals surface area contributed by atoms with Gasteiger partial charge in [-0.25, -0.2) is 0 Å². The van der Waals surface area contributed by atoms with Crippen LogP contribution in [-0.4, -0.2) is 24.2 Å². The van der Waals surface area contributed by atoms with Crippen LogP contribution in [0.5, 0.6) is 0 Å². The molecular formula is C10H20N2O2. The summed E-state index contributed by atoms with van der Waals surface area (Å²) in [5.41, 5.74) is 0.